The van der Waals surface area contributed by atoms with Gasteiger partial charge in [-0.3, -0.25) is 14.9 Å². The summed E-state index contributed by atoms with van der Waals surface area (Å²) in [6.45, 7) is 3.28. The van der Waals surface area contributed by atoms with Crippen LogP contribution in [0.25, 0.3) is 22.4 Å². The number of hydrogen-bond donors (Lipinski definition) is 2. The summed E-state index contributed by atoms with van der Waals surface area (Å²) in [5.74, 6) is 0.171. The van der Waals surface area contributed by atoms with Gasteiger partial charge in [0.25, 0.3) is 5.91 Å². The van der Waals surface area contributed by atoms with Crippen LogP contribution < -0.4 is 5.32 Å². The number of rotatable bonds is 10. The predicted molar refractivity (Wildman–Crippen MR) is 121 cm³/mol. The van der Waals surface area contributed by atoms with Crippen LogP contribution in [0.3, 0.4) is 0 Å². The van der Waals surface area contributed by atoms with Crippen molar-refractivity contribution in [1.29, 1.82) is 0 Å². The molecule has 3 aromatic heterocycles. The molecule has 0 atom stereocenters. The van der Waals surface area contributed by atoms with Crippen molar-refractivity contribution in [3.05, 3.63) is 59.3 Å². The number of aromatic amines is 1. The molecule has 0 saturated carbocycles. The van der Waals surface area contributed by atoms with E-state index in [1.165, 1.54) is 6.26 Å². The van der Waals surface area contributed by atoms with E-state index in [9.17, 15) is 9.59 Å². The standard InChI is InChI=1S/C23H23N3O4S/c1-2-12-29-13-4-8-18(27)21-20(19-9-5-14-30-19)25-23(31-21)26-22(28)16-6-3-7-17-15(16)10-11-24-17/h3,5-7,9-11,14,24H,2,4,8,12-13H2,1H3,(H,25,26,28). The minimum atomic E-state index is -0.281. The van der Waals surface area contributed by atoms with E-state index in [-0.39, 0.29) is 11.7 Å². The topological polar surface area (TPSA) is 97.2 Å². The molecule has 7 nitrogen and oxygen atoms in total. The Morgan fingerprint density at radius 3 is 2.90 bits per heavy atom. The van der Waals surface area contributed by atoms with Gasteiger partial charge in [0.1, 0.15) is 10.6 Å². The lowest BCUT2D eigenvalue weighted by Crippen LogP contribution is -2.11. The first-order chi connectivity index (χ1) is 15.2. The molecule has 0 saturated heterocycles. The average molecular weight is 438 g/mol. The number of aromatic nitrogens is 2. The normalized spacial score (nSPS) is 11.1. The molecular weight excluding hydrogens is 414 g/mol. The zero-order valence-electron chi connectivity index (χ0n) is 17.1. The Morgan fingerprint density at radius 1 is 1.19 bits per heavy atom. The van der Waals surface area contributed by atoms with Crippen molar-refractivity contribution < 1.29 is 18.7 Å². The van der Waals surface area contributed by atoms with Crippen molar-refractivity contribution in [1.82, 2.24) is 9.97 Å². The molecule has 8 heteroatoms. The third kappa shape index (κ3) is 4.76. The van der Waals surface area contributed by atoms with Gasteiger partial charge in [-0.05, 0) is 43.2 Å². The number of ketones is 1. The number of furan rings is 1. The monoisotopic (exact) mass is 437 g/mol. The summed E-state index contributed by atoms with van der Waals surface area (Å²) >= 11 is 1.16. The summed E-state index contributed by atoms with van der Waals surface area (Å²) in [5.41, 5.74) is 1.86. The molecule has 0 bridgehead atoms. The fourth-order valence-electron chi connectivity index (χ4n) is 3.29. The molecule has 4 rings (SSSR count). The summed E-state index contributed by atoms with van der Waals surface area (Å²) in [4.78, 5) is 33.8. The molecule has 1 amide bonds. The Morgan fingerprint density at radius 2 is 2.10 bits per heavy atom. The average Bonchev–Trinajstić information content (AvgIpc) is 3.52. The van der Waals surface area contributed by atoms with Crippen LogP contribution in [0, 0.1) is 0 Å². The summed E-state index contributed by atoms with van der Waals surface area (Å²) in [5, 5.41) is 4.02. The zero-order valence-corrected chi connectivity index (χ0v) is 18.0. The van der Waals surface area contributed by atoms with Crippen molar-refractivity contribution in [2.24, 2.45) is 0 Å². The van der Waals surface area contributed by atoms with Crippen LogP contribution in [-0.4, -0.2) is 34.9 Å². The fourth-order valence-corrected chi connectivity index (χ4v) is 4.22. The SMILES string of the molecule is CCCOCCCC(=O)c1sc(NC(=O)c2cccc3[nH]ccc23)nc1-c1ccco1. The molecule has 31 heavy (non-hydrogen) atoms. The number of amides is 1. The molecule has 0 fully saturated rings. The molecule has 160 valence electrons. The second-order valence-electron chi connectivity index (χ2n) is 7.01. The Hall–Kier alpha value is -3.23. The Balaban J connectivity index is 1.54. The molecule has 0 aliphatic rings. The molecule has 0 spiro atoms. The van der Waals surface area contributed by atoms with Gasteiger partial charge in [-0.25, -0.2) is 4.98 Å². The van der Waals surface area contributed by atoms with Gasteiger partial charge in [0.15, 0.2) is 16.7 Å². The maximum absolute atomic E-state index is 12.9. The van der Waals surface area contributed by atoms with Gasteiger partial charge >= 0.3 is 0 Å². The fraction of sp³-hybridized carbons (Fsp3) is 0.261. The van der Waals surface area contributed by atoms with Gasteiger partial charge in [0.05, 0.1) is 6.26 Å². The van der Waals surface area contributed by atoms with Gasteiger partial charge < -0.3 is 14.1 Å². The van der Waals surface area contributed by atoms with Crippen molar-refractivity contribution in [2.75, 3.05) is 18.5 Å². The number of anilines is 1. The molecule has 0 unspecified atom stereocenters. The van der Waals surface area contributed by atoms with E-state index in [2.05, 4.69) is 15.3 Å². The maximum Gasteiger partial charge on any atom is 0.258 e. The highest BCUT2D eigenvalue weighted by Crippen LogP contribution is 2.33. The van der Waals surface area contributed by atoms with Crippen LogP contribution in [0.15, 0.2) is 53.3 Å². The van der Waals surface area contributed by atoms with Crippen LogP contribution in [0.4, 0.5) is 5.13 Å². The highest BCUT2D eigenvalue weighted by molar-refractivity contribution is 7.18. The highest BCUT2D eigenvalue weighted by Gasteiger charge is 2.22. The van der Waals surface area contributed by atoms with Crippen molar-refractivity contribution in [3.8, 4) is 11.5 Å². The minimum Gasteiger partial charge on any atom is -0.463 e. The molecule has 0 aliphatic carbocycles. The Bertz CT molecular complexity index is 1180. The van der Waals surface area contributed by atoms with Crippen LogP contribution in [0.2, 0.25) is 0 Å². The van der Waals surface area contributed by atoms with Crippen LogP contribution in [0.1, 0.15) is 46.2 Å². The smallest absolute Gasteiger partial charge is 0.258 e. The van der Waals surface area contributed by atoms with E-state index < -0.39 is 0 Å². The number of carbonyl (C=O) groups excluding carboxylic acids is 2. The Kier molecular flexibility index (Phi) is 6.59. The number of Topliss-reactive ketones (excluding diaryl/α,β-unsaturated/α-hetero) is 1. The minimum absolute atomic E-state index is 0.0442. The van der Waals surface area contributed by atoms with Crippen molar-refractivity contribution in [2.45, 2.75) is 26.2 Å². The summed E-state index contributed by atoms with van der Waals surface area (Å²) in [7, 11) is 0. The first-order valence-electron chi connectivity index (χ1n) is 10.2. The van der Waals surface area contributed by atoms with E-state index in [0.29, 0.717) is 53.1 Å². The zero-order chi connectivity index (χ0) is 21.6. The number of benzene rings is 1. The third-order valence-corrected chi connectivity index (χ3v) is 5.75. The summed E-state index contributed by atoms with van der Waals surface area (Å²) in [6.07, 6.45) is 5.25. The number of H-pyrrole nitrogens is 1. The lowest BCUT2D eigenvalue weighted by molar-refractivity contribution is 0.0941. The number of thiazole rings is 1. The Labute approximate surface area is 183 Å². The predicted octanol–water partition coefficient (Wildman–Crippen LogP) is 5.53. The second kappa shape index (κ2) is 9.72. The number of carbonyl (C=O) groups is 2. The number of ether oxygens (including phenoxy) is 1. The van der Waals surface area contributed by atoms with Crippen LogP contribution in [-0.2, 0) is 4.74 Å². The quantitative estimate of drug-likeness (QED) is 0.251. The summed E-state index contributed by atoms with van der Waals surface area (Å²) in [6, 6.07) is 10.8. The lowest BCUT2D eigenvalue weighted by atomic mass is 10.1. The summed E-state index contributed by atoms with van der Waals surface area (Å²) < 4.78 is 10.9. The van der Waals surface area contributed by atoms with E-state index in [1.807, 2.05) is 25.1 Å². The third-order valence-electron chi connectivity index (χ3n) is 4.74. The number of nitrogens with one attached hydrogen (secondary N) is 2. The molecule has 4 aromatic rings. The molecule has 0 aliphatic heterocycles. The molecule has 1 aromatic carbocycles. The molecular formula is C23H23N3O4S. The van der Waals surface area contributed by atoms with E-state index in [1.54, 1.807) is 24.4 Å². The van der Waals surface area contributed by atoms with E-state index in [0.717, 1.165) is 28.7 Å². The largest absolute Gasteiger partial charge is 0.463 e. The maximum atomic E-state index is 12.9. The van der Waals surface area contributed by atoms with Crippen LogP contribution in [0.5, 0.6) is 0 Å². The highest BCUT2D eigenvalue weighted by atomic mass is 32.1. The van der Waals surface area contributed by atoms with Gasteiger partial charge in [-0.2, -0.15) is 0 Å². The first kappa shape index (κ1) is 21.0. The van der Waals surface area contributed by atoms with Gasteiger partial charge in [0, 0.05) is 42.3 Å². The number of fused-ring (bicyclic) bond motifs is 1. The lowest BCUT2D eigenvalue weighted by Gasteiger charge is -2.03. The first-order valence-corrected chi connectivity index (χ1v) is 11.0. The van der Waals surface area contributed by atoms with Gasteiger partial charge in [-0.15, -0.1) is 0 Å². The van der Waals surface area contributed by atoms with Gasteiger partial charge in [0.2, 0.25) is 0 Å². The molecule has 3 heterocycles. The molecule has 2 N–H and O–H groups in total. The van der Waals surface area contributed by atoms with Gasteiger partial charge in [-0.1, -0.05) is 24.3 Å². The van der Waals surface area contributed by atoms with Crippen molar-refractivity contribution in [3.63, 3.8) is 0 Å². The van der Waals surface area contributed by atoms with E-state index >= 15 is 0 Å². The van der Waals surface area contributed by atoms with Crippen molar-refractivity contribution >= 4 is 39.1 Å². The van der Waals surface area contributed by atoms with Crippen LogP contribution >= 0.6 is 11.3 Å². The number of hydrogen-bond acceptors (Lipinski definition) is 6. The second-order valence-corrected chi connectivity index (χ2v) is 8.01. The van der Waals surface area contributed by atoms with E-state index in [4.69, 9.17) is 9.15 Å². The molecule has 0 radical (unpaired) electrons. The number of nitrogens with zero attached hydrogens (tertiary/aromatic N) is 1.